The zero-order valence-corrected chi connectivity index (χ0v) is 12.5. The summed E-state index contributed by atoms with van der Waals surface area (Å²) in [5.41, 5.74) is 0. The van der Waals surface area contributed by atoms with E-state index in [-0.39, 0.29) is 12.4 Å². The number of nitrogens with one attached hydrogen (secondary N) is 1. The summed E-state index contributed by atoms with van der Waals surface area (Å²) in [6, 6.07) is 0. The second kappa shape index (κ2) is 7.34. The predicted molar refractivity (Wildman–Crippen MR) is 77.0 cm³/mol. The van der Waals surface area contributed by atoms with Crippen LogP contribution in [0.1, 0.15) is 39.5 Å². The summed E-state index contributed by atoms with van der Waals surface area (Å²) in [4.78, 5) is 14.2. The Labute approximate surface area is 117 Å². The van der Waals surface area contributed by atoms with Gasteiger partial charge in [0.05, 0.1) is 0 Å². The molecule has 106 valence electrons. The van der Waals surface area contributed by atoms with Crippen molar-refractivity contribution < 1.29 is 4.79 Å². The van der Waals surface area contributed by atoms with Crippen LogP contribution in [0.25, 0.3) is 0 Å². The van der Waals surface area contributed by atoms with E-state index in [1.165, 1.54) is 12.8 Å². The van der Waals surface area contributed by atoms with E-state index >= 15 is 0 Å². The minimum Gasteiger partial charge on any atom is -0.342 e. The first-order valence-electron chi connectivity index (χ1n) is 7.15. The molecule has 1 amide bonds. The zero-order valence-electron chi connectivity index (χ0n) is 11.7. The van der Waals surface area contributed by atoms with Gasteiger partial charge in [-0.1, -0.05) is 13.8 Å². The van der Waals surface area contributed by atoms with Gasteiger partial charge in [0.1, 0.15) is 0 Å². The molecule has 0 spiro atoms. The lowest BCUT2D eigenvalue weighted by Gasteiger charge is -2.23. The molecule has 3 nitrogen and oxygen atoms in total. The van der Waals surface area contributed by atoms with E-state index in [0.29, 0.717) is 17.7 Å². The molecule has 4 heteroatoms. The van der Waals surface area contributed by atoms with E-state index in [0.717, 1.165) is 44.9 Å². The summed E-state index contributed by atoms with van der Waals surface area (Å²) in [6.07, 6.45) is 4.37. The van der Waals surface area contributed by atoms with Crippen LogP contribution in [0, 0.1) is 17.8 Å². The number of carbonyl (C=O) groups excluding carboxylic acids is 1. The second-order valence-electron chi connectivity index (χ2n) is 5.99. The average molecular weight is 275 g/mol. The van der Waals surface area contributed by atoms with Crippen LogP contribution in [0.5, 0.6) is 0 Å². The van der Waals surface area contributed by atoms with Crippen molar-refractivity contribution in [2.75, 3.05) is 26.2 Å². The lowest BCUT2D eigenvalue weighted by molar-refractivity contribution is -0.130. The molecule has 0 radical (unpaired) electrons. The molecule has 18 heavy (non-hydrogen) atoms. The molecular weight excluding hydrogens is 248 g/mol. The summed E-state index contributed by atoms with van der Waals surface area (Å²) in [6.45, 7) is 8.74. The molecule has 0 bridgehead atoms. The molecule has 2 rings (SSSR count). The van der Waals surface area contributed by atoms with Crippen molar-refractivity contribution in [2.24, 2.45) is 17.8 Å². The highest BCUT2D eigenvalue weighted by molar-refractivity contribution is 5.85. The Morgan fingerprint density at radius 1 is 1.17 bits per heavy atom. The highest BCUT2D eigenvalue weighted by Gasteiger charge is 2.29. The third kappa shape index (κ3) is 4.13. The van der Waals surface area contributed by atoms with Gasteiger partial charge < -0.3 is 10.2 Å². The first-order valence-corrected chi connectivity index (χ1v) is 7.15. The number of halogens is 1. The number of piperidine rings is 1. The summed E-state index contributed by atoms with van der Waals surface area (Å²) in [7, 11) is 0. The normalized spacial score (nSPS) is 29.1. The van der Waals surface area contributed by atoms with Crippen LogP contribution in [0.3, 0.4) is 0 Å². The Morgan fingerprint density at radius 2 is 1.72 bits per heavy atom. The number of amides is 1. The molecule has 0 aliphatic carbocycles. The van der Waals surface area contributed by atoms with Gasteiger partial charge in [-0.05, 0) is 50.1 Å². The molecule has 0 aromatic rings. The lowest BCUT2D eigenvalue weighted by Crippen LogP contribution is -2.31. The standard InChI is InChI=1S/C14H26N2O.ClH/c1-11-9-16(10-12(11)2)14(17)4-3-13-5-7-15-8-6-13;/h11-13,15H,3-10H2,1-2H3;1H. The van der Waals surface area contributed by atoms with Gasteiger partial charge in [0, 0.05) is 19.5 Å². The molecule has 0 aromatic carbocycles. The van der Waals surface area contributed by atoms with Crippen LogP contribution >= 0.6 is 12.4 Å². The minimum absolute atomic E-state index is 0. The Hall–Kier alpha value is -0.280. The fourth-order valence-electron chi connectivity index (χ4n) is 2.99. The number of rotatable bonds is 3. The lowest BCUT2D eigenvalue weighted by atomic mass is 9.93. The van der Waals surface area contributed by atoms with Crippen molar-refractivity contribution in [1.29, 1.82) is 0 Å². The van der Waals surface area contributed by atoms with Gasteiger partial charge in [-0.2, -0.15) is 0 Å². The molecule has 2 atom stereocenters. The molecule has 2 aliphatic rings. The minimum atomic E-state index is 0. The van der Waals surface area contributed by atoms with E-state index in [2.05, 4.69) is 24.1 Å². The van der Waals surface area contributed by atoms with Crippen molar-refractivity contribution in [3.63, 3.8) is 0 Å². The number of likely N-dealkylation sites (tertiary alicyclic amines) is 1. The smallest absolute Gasteiger partial charge is 0.222 e. The Morgan fingerprint density at radius 3 is 2.28 bits per heavy atom. The fourth-order valence-corrected chi connectivity index (χ4v) is 2.99. The van der Waals surface area contributed by atoms with Crippen molar-refractivity contribution in [3.05, 3.63) is 0 Å². The average Bonchev–Trinajstić information content (AvgIpc) is 2.68. The molecule has 2 aliphatic heterocycles. The molecule has 2 heterocycles. The highest BCUT2D eigenvalue weighted by Crippen LogP contribution is 2.24. The number of hydrogen-bond acceptors (Lipinski definition) is 2. The molecule has 2 saturated heterocycles. The van der Waals surface area contributed by atoms with Crippen LogP contribution in [0.2, 0.25) is 0 Å². The van der Waals surface area contributed by atoms with Gasteiger partial charge in [-0.3, -0.25) is 4.79 Å². The quantitative estimate of drug-likeness (QED) is 0.857. The maximum Gasteiger partial charge on any atom is 0.222 e. The second-order valence-corrected chi connectivity index (χ2v) is 5.99. The van der Waals surface area contributed by atoms with Gasteiger partial charge in [0.2, 0.25) is 5.91 Å². The van der Waals surface area contributed by atoms with E-state index in [4.69, 9.17) is 0 Å². The van der Waals surface area contributed by atoms with Gasteiger partial charge in [-0.15, -0.1) is 12.4 Å². The molecule has 0 aromatic heterocycles. The van der Waals surface area contributed by atoms with Crippen molar-refractivity contribution in [1.82, 2.24) is 10.2 Å². The first-order chi connectivity index (χ1) is 8.16. The van der Waals surface area contributed by atoms with E-state index in [1.807, 2.05) is 0 Å². The van der Waals surface area contributed by atoms with E-state index in [9.17, 15) is 4.79 Å². The number of carbonyl (C=O) groups is 1. The van der Waals surface area contributed by atoms with E-state index < -0.39 is 0 Å². The Bertz CT molecular complexity index is 257. The van der Waals surface area contributed by atoms with Crippen LogP contribution in [0.15, 0.2) is 0 Å². The van der Waals surface area contributed by atoms with Crippen LogP contribution in [-0.2, 0) is 4.79 Å². The summed E-state index contributed by atoms with van der Waals surface area (Å²) in [5, 5.41) is 3.37. The Balaban J connectivity index is 0.00000162. The number of nitrogens with zero attached hydrogens (tertiary/aromatic N) is 1. The Kier molecular flexibility index (Phi) is 6.44. The van der Waals surface area contributed by atoms with Crippen molar-refractivity contribution >= 4 is 18.3 Å². The van der Waals surface area contributed by atoms with Crippen LogP contribution in [0.4, 0.5) is 0 Å². The van der Waals surface area contributed by atoms with Gasteiger partial charge in [0.15, 0.2) is 0 Å². The maximum atomic E-state index is 12.1. The summed E-state index contributed by atoms with van der Waals surface area (Å²) < 4.78 is 0. The predicted octanol–water partition coefficient (Wildman–Crippen LogP) is 2.30. The van der Waals surface area contributed by atoms with E-state index in [1.54, 1.807) is 0 Å². The fraction of sp³-hybridized carbons (Fsp3) is 0.929. The molecule has 1 N–H and O–H groups in total. The third-order valence-corrected chi connectivity index (χ3v) is 4.57. The van der Waals surface area contributed by atoms with Crippen LogP contribution in [-0.4, -0.2) is 37.0 Å². The van der Waals surface area contributed by atoms with Crippen molar-refractivity contribution in [3.8, 4) is 0 Å². The highest BCUT2D eigenvalue weighted by atomic mass is 35.5. The maximum absolute atomic E-state index is 12.1. The third-order valence-electron chi connectivity index (χ3n) is 4.57. The zero-order chi connectivity index (χ0) is 12.3. The molecular formula is C14H27ClN2O. The summed E-state index contributed by atoms with van der Waals surface area (Å²) in [5.74, 6) is 2.52. The van der Waals surface area contributed by atoms with Crippen LogP contribution < -0.4 is 5.32 Å². The largest absolute Gasteiger partial charge is 0.342 e. The van der Waals surface area contributed by atoms with Gasteiger partial charge >= 0.3 is 0 Å². The topological polar surface area (TPSA) is 32.3 Å². The molecule has 2 unspecified atom stereocenters. The summed E-state index contributed by atoms with van der Waals surface area (Å²) >= 11 is 0. The van der Waals surface area contributed by atoms with Gasteiger partial charge in [-0.25, -0.2) is 0 Å². The molecule has 0 saturated carbocycles. The molecule has 2 fully saturated rings. The SMILES string of the molecule is CC1CN(C(=O)CCC2CCNCC2)CC1C.Cl. The number of hydrogen-bond donors (Lipinski definition) is 1. The van der Waals surface area contributed by atoms with Gasteiger partial charge in [0.25, 0.3) is 0 Å². The monoisotopic (exact) mass is 274 g/mol. The van der Waals surface area contributed by atoms with Crippen molar-refractivity contribution in [2.45, 2.75) is 39.5 Å². The first kappa shape index (κ1) is 15.8.